The van der Waals surface area contributed by atoms with Crippen LogP contribution in [-0.4, -0.2) is 40.7 Å². The van der Waals surface area contributed by atoms with Crippen molar-refractivity contribution in [3.05, 3.63) is 46.3 Å². The lowest BCUT2D eigenvalue weighted by atomic mass is 10.2. The maximum absolute atomic E-state index is 13.8. The summed E-state index contributed by atoms with van der Waals surface area (Å²) in [5.74, 6) is -1.08. The SMILES string of the molecule is O=C(Nc1ccc(SC(F)(F)F)c(F)c1)c1cnc(N2CC[C@@H](O)C2)c(Br)c1. The Kier molecular flexibility index (Phi) is 6.15. The van der Waals surface area contributed by atoms with Gasteiger partial charge in [-0.05, 0) is 58.4 Å². The number of rotatable bonds is 4. The summed E-state index contributed by atoms with van der Waals surface area (Å²) < 4.78 is 51.5. The van der Waals surface area contributed by atoms with Crippen LogP contribution in [0, 0.1) is 5.82 Å². The fourth-order valence-electron chi connectivity index (χ4n) is 2.71. The standard InChI is InChI=1S/C17H14BrF4N3O2S/c18-12-5-9(7-23-15(12)25-4-3-11(26)8-25)16(27)24-10-1-2-14(13(19)6-10)28-17(20,21)22/h1-2,5-7,11,26H,3-4,8H2,(H,24,27)/t11-/m1/s1. The first-order valence-electron chi connectivity index (χ1n) is 8.07. The Morgan fingerprint density at radius 1 is 1.36 bits per heavy atom. The molecule has 1 saturated heterocycles. The number of thioether (sulfide) groups is 1. The highest BCUT2D eigenvalue weighted by Crippen LogP contribution is 2.38. The number of pyridine rings is 1. The van der Waals surface area contributed by atoms with E-state index in [9.17, 15) is 27.5 Å². The van der Waals surface area contributed by atoms with E-state index in [-0.39, 0.29) is 11.3 Å². The molecule has 1 aromatic heterocycles. The highest BCUT2D eigenvalue weighted by Gasteiger charge is 2.30. The average molecular weight is 480 g/mol. The first-order valence-corrected chi connectivity index (χ1v) is 9.68. The monoisotopic (exact) mass is 479 g/mol. The minimum absolute atomic E-state index is 0.0249. The van der Waals surface area contributed by atoms with Crippen LogP contribution in [0.1, 0.15) is 16.8 Å². The molecular weight excluding hydrogens is 466 g/mol. The Morgan fingerprint density at radius 2 is 2.11 bits per heavy atom. The number of β-amino-alcohol motifs (C(OH)–C–C–N with tert-alkyl or cyclic N) is 1. The third kappa shape index (κ3) is 5.15. The second-order valence-corrected chi connectivity index (χ2v) is 8.03. The number of carbonyl (C=O) groups is 1. The molecule has 0 spiro atoms. The molecule has 1 aliphatic rings. The minimum atomic E-state index is -4.60. The molecule has 11 heteroatoms. The Bertz CT molecular complexity index is 897. The van der Waals surface area contributed by atoms with E-state index in [1.165, 1.54) is 18.3 Å². The van der Waals surface area contributed by atoms with Crippen molar-refractivity contribution in [1.29, 1.82) is 0 Å². The van der Waals surface area contributed by atoms with Crippen molar-refractivity contribution in [1.82, 2.24) is 4.98 Å². The minimum Gasteiger partial charge on any atom is -0.391 e. The van der Waals surface area contributed by atoms with Crippen LogP contribution in [0.4, 0.5) is 29.1 Å². The summed E-state index contributed by atoms with van der Waals surface area (Å²) in [6.45, 7) is 1.08. The maximum Gasteiger partial charge on any atom is 0.446 e. The molecule has 0 radical (unpaired) electrons. The number of amides is 1. The lowest BCUT2D eigenvalue weighted by Gasteiger charge is -2.18. The first kappa shape index (κ1) is 20.9. The number of benzene rings is 1. The van der Waals surface area contributed by atoms with Gasteiger partial charge >= 0.3 is 5.51 Å². The van der Waals surface area contributed by atoms with Gasteiger partial charge in [-0.25, -0.2) is 9.37 Å². The van der Waals surface area contributed by atoms with E-state index in [0.717, 1.165) is 12.1 Å². The molecule has 0 unspecified atom stereocenters. The fourth-order valence-corrected chi connectivity index (χ4v) is 3.85. The van der Waals surface area contributed by atoms with Crippen LogP contribution in [0.5, 0.6) is 0 Å². The van der Waals surface area contributed by atoms with E-state index in [4.69, 9.17) is 0 Å². The molecular formula is C17H14BrF4N3O2S. The van der Waals surface area contributed by atoms with Gasteiger partial charge in [0.15, 0.2) is 0 Å². The Hall–Kier alpha value is -1.85. The topological polar surface area (TPSA) is 65.5 Å². The second kappa shape index (κ2) is 8.26. The Labute approximate surface area is 170 Å². The number of hydrogen-bond acceptors (Lipinski definition) is 5. The molecule has 1 atom stereocenters. The van der Waals surface area contributed by atoms with Gasteiger partial charge in [-0.15, -0.1) is 0 Å². The van der Waals surface area contributed by atoms with Gasteiger partial charge in [0.25, 0.3) is 5.91 Å². The molecule has 5 nitrogen and oxygen atoms in total. The highest BCUT2D eigenvalue weighted by molar-refractivity contribution is 9.10. The van der Waals surface area contributed by atoms with E-state index < -0.39 is 40.0 Å². The molecule has 150 valence electrons. The number of aliphatic hydroxyl groups excluding tert-OH is 1. The summed E-state index contributed by atoms with van der Waals surface area (Å²) in [7, 11) is 0. The van der Waals surface area contributed by atoms with Crippen molar-refractivity contribution in [2.24, 2.45) is 0 Å². The molecule has 1 amide bonds. The first-order chi connectivity index (χ1) is 13.1. The van der Waals surface area contributed by atoms with Crippen LogP contribution in [0.3, 0.4) is 0 Å². The van der Waals surface area contributed by atoms with Gasteiger partial charge in [0.2, 0.25) is 0 Å². The van der Waals surface area contributed by atoms with Gasteiger partial charge < -0.3 is 15.3 Å². The number of nitrogens with one attached hydrogen (secondary N) is 1. The van der Waals surface area contributed by atoms with Crippen LogP contribution in [-0.2, 0) is 0 Å². The largest absolute Gasteiger partial charge is 0.446 e. The van der Waals surface area contributed by atoms with Crippen molar-refractivity contribution in [2.75, 3.05) is 23.3 Å². The molecule has 0 bridgehead atoms. The Morgan fingerprint density at radius 3 is 2.68 bits per heavy atom. The molecule has 28 heavy (non-hydrogen) atoms. The van der Waals surface area contributed by atoms with Gasteiger partial charge in [0.05, 0.1) is 21.0 Å². The van der Waals surface area contributed by atoms with Gasteiger partial charge in [-0.3, -0.25) is 4.79 Å². The lowest BCUT2D eigenvalue weighted by molar-refractivity contribution is -0.0329. The summed E-state index contributed by atoms with van der Waals surface area (Å²) in [6.07, 6.45) is 1.54. The van der Waals surface area contributed by atoms with E-state index in [1.807, 2.05) is 4.90 Å². The van der Waals surface area contributed by atoms with Gasteiger partial charge in [-0.1, -0.05) is 0 Å². The molecule has 0 saturated carbocycles. The predicted molar refractivity (Wildman–Crippen MR) is 101 cm³/mol. The highest BCUT2D eigenvalue weighted by atomic mass is 79.9. The van der Waals surface area contributed by atoms with E-state index in [0.29, 0.717) is 29.8 Å². The quantitative estimate of drug-likeness (QED) is 0.501. The van der Waals surface area contributed by atoms with Crippen LogP contribution >= 0.6 is 27.7 Å². The third-order valence-electron chi connectivity index (χ3n) is 3.96. The summed E-state index contributed by atoms with van der Waals surface area (Å²) in [5, 5.41) is 12.0. The van der Waals surface area contributed by atoms with Crippen molar-refractivity contribution >= 4 is 45.1 Å². The number of carbonyl (C=O) groups excluding carboxylic acids is 1. The Balaban J connectivity index is 1.71. The molecule has 2 aromatic rings. The summed E-state index contributed by atoms with van der Waals surface area (Å²) in [4.78, 5) is 17.9. The van der Waals surface area contributed by atoms with Crippen LogP contribution < -0.4 is 10.2 Å². The number of anilines is 2. The van der Waals surface area contributed by atoms with E-state index in [1.54, 1.807) is 0 Å². The lowest BCUT2D eigenvalue weighted by Crippen LogP contribution is -2.23. The molecule has 2 N–H and O–H groups in total. The van der Waals surface area contributed by atoms with Crippen LogP contribution in [0.15, 0.2) is 39.8 Å². The van der Waals surface area contributed by atoms with Gasteiger partial charge in [0, 0.05) is 25.0 Å². The fraction of sp³-hybridized carbons (Fsp3) is 0.294. The number of nitrogens with zero attached hydrogens (tertiary/aromatic N) is 2. The zero-order chi connectivity index (χ0) is 20.5. The van der Waals surface area contributed by atoms with Crippen molar-refractivity contribution in [3.63, 3.8) is 0 Å². The smallest absolute Gasteiger partial charge is 0.391 e. The second-order valence-electron chi connectivity index (χ2n) is 6.07. The average Bonchev–Trinajstić information content (AvgIpc) is 3.02. The summed E-state index contributed by atoms with van der Waals surface area (Å²) >= 11 is 2.79. The molecule has 2 heterocycles. The maximum atomic E-state index is 13.8. The van der Waals surface area contributed by atoms with E-state index in [2.05, 4.69) is 26.2 Å². The third-order valence-corrected chi connectivity index (χ3v) is 5.33. The van der Waals surface area contributed by atoms with E-state index >= 15 is 0 Å². The normalized spacial score (nSPS) is 17.1. The molecule has 1 aliphatic heterocycles. The molecule has 0 aliphatic carbocycles. The van der Waals surface area contributed by atoms with Crippen molar-refractivity contribution in [2.45, 2.75) is 22.9 Å². The zero-order valence-corrected chi connectivity index (χ0v) is 16.5. The van der Waals surface area contributed by atoms with Crippen LogP contribution in [0.25, 0.3) is 0 Å². The molecule has 1 aromatic carbocycles. The summed E-state index contributed by atoms with van der Waals surface area (Å²) in [5.41, 5.74) is -4.39. The van der Waals surface area contributed by atoms with Crippen molar-refractivity contribution < 1.29 is 27.5 Å². The number of aromatic nitrogens is 1. The number of alkyl halides is 3. The van der Waals surface area contributed by atoms with Crippen molar-refractivity contribution in [3.8, 4) is 0 Å². The van der Waals surface area contributed by atoms with Crippen LogP contribution in [0.2, 0.25) is 0 Å². The van der Waals surface area contributed by atoms with Gasteiger partial charge in [-0.2, -0.15) is 13.2 Å². The predicted octanol–water partition coefficient (Wildman–Crippen LogP) is 4.42. The number of aliphatic hydroxyl groups is 1. The number of hydrogen-bond donors (Lipinski definition) is 2. The molecule has 3 rings (SSSR count). The number of halogens is 5. The molecule has 1 fully saturated rings. The van der Waals surface area contributed by atoms with Gasteiger partial charge in [0.1, 0.15) is 11.6 Å². The zero-order valence-electron chi connectivity index (χ0n) is 14.1. The summed E-state index contributed by atoms with van der Waals surface area (Å²) in [6, 6.07) is 4.51.